The minimum absolute atomic E-state index is 0.0918. The lowest BCUT2D eigenvalue weighted by Gasteiger charge is -1.99. The minimum atomic E-state index is 0.0918. The fourth-order valence-corrected chi connectivity index (χ4v) is 1.51. The van der Waals surface area contributed by atoms with Gasteiger partial charge < -0.3 is 4.98 Å². The van der Waals surface area contributed by atoms with Crippen molar-refractivity contribution >= 4 is 17.4 Å². The third-order valence-corrected chi connectivity index (χ3v) is 2.43. The number of hydrogen-bond donors (Lipinski definition) is 1. The van der Waals surface area contributed by atoms with E-state index < -0.39 is 0 Å². The Morgan fingerprint density at radius 1 is 1.20 bits per heavy atom. The van der Waals surface area contributed by atoms with Crippen molar-refractivity contribution in [3.05, 3.63) is 58.9 Å². The van der Waals surface area contributed by atoms with Gasteiger partial charge in [-0.15, -0.1) is 0 Å². The number of nitrogens with one attached hydrogen (secondary N) is 1. The molecule has 0 radical (unpaired) electrons. The monoisotopic (exact) mass is 219 g/mol. The van der Waals surface area contributed by atoms with E-state index in [1.54, 1.807) is 24.3 Å². The number of H-pyrrole nitrogens is 1. The molecule has 1 heterocycles. The van der Waals surface area contributed by atoms with Gasteiger partial charge in [-0.2, -0.15) is 0 Å². The second-order valence-electron chi connectivity index (χ2n) is 3.30. The second kappa shape index (κ2) is 4.32. The summed E-state index contributed by atoms with van der Waals surface area (Å²) < 4.78 is 0. The Morgan fingerprint density at radius 2 is 1.93 bits per heavy atom. The number of ketones is 1. The number of halogens is 1. The second-order valence-corrected chi connectivity index (χ2v) is 3.74. The molecular formula is C12H10ClNO. The normalized spacial score (nSPS) is 10.2. The molecule has 0 saturated heterocycles. The highest BCUT2D eigenvalue weighted by Crippen LogP contribution is 2.11. The number of Topliss-reactive ketones (excluding diaryl/α,β-unsaturated/α-hetero) is 1. The molecule has 0 spiro atoms. The van der Waals surface area contributed by atoms with Gasteiger partial charge in [0.05, 0.1) is 6.42 Å². The molecular weight excluding hydrogens is 210 g/mol. The first-order chi connectivity index (χ1) is 7.25. The molecule has 76 valence electrons. The first kappa shape index (κ1) is 9.99. The zero-order valence-corrected chi connectivity index (χ0v) is 8.79. The van der Waals surface area contributed by atoms with Crippen molar-refractivity contribution in [1.82, 2.24) is 4.98 Å². The number of aromatic nitrogens is 1. The van der Waals surface area contributed by atoms with Crippen molar-refractivity contribution in [2.24, 2.45) is 0 Å². The van der Waals surface area contributed by atoms with Crippen LogP contribution in [0.15, 0.2) is 42.6 Å². The Morgan fingerprint density at radius 3 is 2.53 bits per heavy atom. The topological polar surface area (TPSA) is 32.9 Å². The van der Waals surface area contributed by atoms with Gasteiger partial charge in [0.1, 0.15) is 0 Å². The summed E-state index contributed by atoms with van der Waals surface area (Å²) in [5, 5.41) is 0.645. The molecule has 0 atom stereocenters. The first-order valence-electron chi connectivity index (χ1n) is 4.67. The van der Waals surface area contributed by atoms with E-state index in [2.05, 4.69) is 4.98 Å². The van der Waals surface area contributed by atoms with E-state index in [4.69, 9.17) is 11.6 Å². The molecule has 0 fully saturated rings. The molecule has 0 aliphatic carbocycles. The molecule has 2 aromatic rings. The fraction of sp³-hybridized carbons (Fsp3) is 0.0833. The lowest BCUT2D eigenvalue weighted by molar-refractivity contribution is 0.0992. The van der Waals surface area contributed by atoms with Crippen LogP contribution >= 0.6 is 11.6 Å². The summed E-state index contributed by atoms with van der Waals surface area (Å²) in [5.74, 6) is 0.0918. The number of rotatable bonds is 3. The van der Waals surface area contributed by atoms with Crippen molar-refractivity contribution in [2.75, 3.05) is 0 Å². The van der Waals surface area contributed by atoms with Crippen LogP contribution < -0.4 is 0 Å². The van der Waals surface area contributed by atoms with Crippen LogP contribution in [-0.4, -0.2) is 10.8 Å². The smallest absolute Gasteiger partial charge is 0.168 e. The van der Waals surface area contributed by atoms with Gasteiger partial charge in [0.2, 0.25) is 0 Å². The molecule has 1 N–H and O–H groups in total. The third-order valence-electron chi connectivity index (χ3n) is 2.18. The predicted molar refractivity (Wildman–Crippen MR) is 60.3 cm³/mol. The average molecular weight is 220 g/mol. The molecule has 0 bridgehead atoms. The summed E-state index contributed by atoms with van der Waals surface area (Å²) in [4.78, 5) is 14.8. The molecule has 1 aromatic carbocycles. The van der Waals surface area contributed by atoms with Gasteiger partial charge in [-0.25, -0.2) is 0 Å². The Labute approximate surface area is 92.9 Å². The van der Waals surface area contributed by atoms with Crippen LogP contribution in [0.2, 0.25) is 5.02 Å². The molecule has 3 heteroatoms. The molecule has 1 aromatic heterocycles. The molecule has 2 nitrogen and oxygen atoms in total. The molecule has 0 saturated carbocycles. The van der Waals surface area contributed by atoms with Gasteiger partial charge in [0, 0.05) is 22.5 Å². The summed E-state index contributed by atoms with van der Waals surface area (Å²) >= 11 is 5.74. The van der Waals surface area contributed by atoms with Crippen LogP contribution in [0, 0.1) is 0 Å². The van der Waals surface area contributed by atoms with E-state index in [9.17, 15) is 4.79 Å². The average Bonchev–Trinajstić information content (AvgIpc) is 2.71. The molecule has 15 heavy (non-hydrogen) atoms. The zero-order chi connectivity index (χ0) is 10.7. The third kappa shape index (κ3) is 2.48. The van der Waals surface area contributed by atoms with Crippen molar-refractivity contribution in [1.29, 1.82) is 0 Å². The van der Waals surface area contributed by atoms with E-state index in [-0.39, 0.29) is 5.78 Å². The lowest BCUT2D eigenvalue weighted by Crippen LogP contribution is -2.03. The SMILES string of the molecule is O=C(Cc1ccc[nH]1)c1ccc(Cl)cc1. The lowest BCUT2D eigenvalue weighted by atomic mass is 10.1. The van der Waals surface area contributed by atoms with Crippen LogP contribution in [0.4, 0.5) is 0 Å². The maximum atomic E-state index is 11.8. The van der Waals surface area contributed by atoms with Crippen molar-refractivity contribution in [2.45, 2.75) is 6.42 Å². The summed E-state index contributed by atoms with van der Waals surface area (Å²) in [6.07, 6.45) is 2.21. The van der Waals surface area contributed by atoms with Gasteiger partial charge in [-0.05, 0) is 36.4 Å². The van der Waals surface area contributed by atoms with Gasteiger partial charge in [-0.1, -0.05) is 11.6 Å². The molecule has 0 aliphatic rings. The van der Waals surface area contributed by atoms with Gasteiger partial charge in [0.15, 0.2) is 5.78 Å². The van der Waals surface area contributed by atoms with E-state index in [0.29, 0.717) is 17.0 Å². The van der Waals surface area contributed by atoms with Gasteiger partial charge >= 0.3 is 0 Å². The van der Waals surface area contributed by atoms with Crippen molar-refractivity contribution in [3.63, 3.8) is 0 Å². The summed E-state index contributed by atoms with van der Waals surface area (Å²) in [7, 11) is 0. The highest BCUT2D eigenvalue weighted by molar-refractivity contribution is 6.30. The number of benzene rings is 1. The highest BCUT2D eigenvalue weighted by atomic mass is 35.5. The Balaban J connectivity index is 2.11. The van der Waals surface area contributed by atoms with Crippen LogP contribution in [0.25, 0.3) is 0 Å². The van der Waals surface area contributed by atoms with Crippen LogP contribution in [0.1, 0.15) is 16.1 Å². The summed E-state index contributed by atoms with van der Waals surface area (Å²) in [5.41, 5.74) is 1.61. The van der Waals surface area contributed by atoms with Crippen LogP contribution in [0.5, 0.6) is 0 Å². The summed E-state index contributed by atoms with van der Waals surface area (Å²) in [6, 6.07) is 10.7. The number of aromatic amines is 1. The first-order valence-corrected chi connectivity index (χ1v) is 5.04. The van der Waals surface area contributed by atoms with Crippen molar-refractivity contribution < 1.29 is 4.79 Å². The van der Waals surface area contributed by atoms with Crippen molar-refractivity contribution in [3.8, 4) is 0 Å². The Hall–Kier alpha value is -1.54. The van der Waals surface area contributed by atoms with E-state index in [0.717, 1.165) is 5.69 Å². The predicted octanol–water partition coefficient (Wildman–Crippen LogP) is 3.09. The highest BCUT2D eigenvalue weighted by Gasteiger charge is 2.06. The Bertz CT molecular complexity index is 445. The standard InChI is InChI=1S/C12H10ClNO/c13-10-5-3-9(4-6-10)12(15)8-11-2-1-7-14-11/h1-7,14H,8H2. The molecule has 2 rings (SSSR count). The number of carbonyl (C=O) groups is 1. The quantitative estimate of drug-likeness (QED) is 0.791. The number of carbonyl (C=O) groups excluding carboxylic acids is 1. The molecule has 0 amide bonds. The van der Waals surface area contributed by atoms with Crippen LogP contribution in [0.3, 0.4) is 0 Å². The number of hydrogen-bond acceptors (Lipinski definition) is 1. The zero-order valence-electron chi connectivity index (χ0n) is 8.03. The van der Waals surface area contributed by atoms with E-state index in [1.807, 2.05) is 18.3 Å². The summed E-state index contributed by atoms with van der Waals surface area (Å²) in [6.45, 7) is 0. The van der Waals surface area contributed by atoms with Gasteiger partial charge in [-0.3, -0.25) is 4.79 Å². The van der Waals surface area contributed by atoms with Gasteiger partial charge in [0.25, 0.3) is 0 Å². The Kier molecular flexibility index (Phi) is 2.88. The minimum Gasteiger partial charge on any atom is -0.365 e. The maximum Gasteiger partial charge on any atom is 0.168 e. The van der Waals surface area contributed by atoms with E-state index >= 15 is 0 Å². The van der Waals surface area contributed by atoms with E-state index in [1.165, 1.54) is 0 Å². The molecule has 0 aliphatic heterocycles. The maximum absolute atomic E-state index is 11.8. The largest absolute Gasteiger partial charge is 0.365 e. The molecule has 0 unspecified atom stereocenters. The van der Waals surface area contributed by atoms with Crippen LogP contribution in [-0.2, 0) is 6.42 Å². The fourth-order valence-electron chi connectivity index (χ4n) is 1.39.